The van der Waals surface area contributed by atoms with Crippen LogP contribution in [0, 0.1) is 19.7 Å². The molecule has 0 saturated heterocycles. The molecule has 0 aliphatic heterocycles. The van der Waals surface area contributed by atoms with E-state index in [9.17, 15) is 22.4 Å². The molecule has 0 aliphatic rings. The number of esters is 1. The zero-order valence-electron chi connectivity index (χ0n) is 18.3. The van der Waals surface area contributed by atoms with E-state index in [4.69, 9.17) is 4.74 Å². The van der Waals surface area contributed by atoms with Gasteiger partial charge in [-0.25, -0.2) is 17.6 Å². The minimum atomic E-state index is -4.13. The van der Waals surface area contributed by atoms with Gasteiger partial charge in [-0.1, -0.05) is 23.8 Å². The normalized spacial score (nSPS) is 11.0. The molecule has 3 aromatic rings. The van der Waals surface area contributed by atoms with Gasteiger partial charge in [0.1, 0.15) is 12.4 Å². The molecule has 0 aliphatic carbocycles. The third-order valence-corrected chi connectivity index (χ3v) is 6.73. The van der Waals surface area contributed by atoms with Crippen LogP contribution in [0.5, 0.6) is 0 Å². The van der Waals surface area contributed by atoms with Crippen molar-refractivity contribution in [2.75, 3.05) is 23.3 Å². The first kappa shape index (κ1) is 23.9. The number of methoxy groups -OCH3 is 1. The fourth-order valence-corrected chi connectivity index (χ4v) is 4.50. The minimum Gasteiger partial charge on any atom is -0.465 e. The van der Waals surface area contributed by atoms with Crippen molar-refractivity contribution in [3.05, 3.63) is 89.2 Å². The summed E-state index contributed by atoms with van der Waals surface area (Å²) >= 11 is 0. The van der Waals surface area contributed by atoms with Crippen LogP contribution in [0.3, 0.4) is 0 Å². The van der Waals surface area contributed by atoms with E-state index in [0.29, 0.717) is 11.3 Å². The van der Waals surface area contributed by atoms with E-state index in [1.54, 1.807) is 31.2 Å². The highest BCUT2D eigenvalue weighted by atomic mass is 32.2. The van der Waals surface area contributed by atoms with Crippen molar-refractivity contribution in [1.82, 2.24) is 0 Å². The highest BCUT2D eigenvalue weighted by Gasteiger charge is 2.27. The van der Waals surface area contributed by atoms with Crippen LogP contribution in [0.2, 0.25) is 0 Å². The molecule has 0 fully saturated rings. The zero-order valence-corrected chi connectivity index (χ0v) is 19.1. The van der Waals surface area contributed by atoms with Crippen LogP contribution in [0.1, 0.15) is 21.5 Å². The number of halogens is 1. The average Bonchev–Trinajstić information content (AvgIpc) is 2.79. The molecule has 3 aromatic carbocycles. The Hall–Kier alpha value is -3.72. The van der Waals surface area contributed by atoms with Crippen molar-refractivity contribution in [3.8, 4) is 0 Å². The lowest BCUT2D eigenvalue weighted by atomic mass is 10.1. The molecular weight excluding hydrogens is 447 g/mol. The lowest BCUT2D eigenvalue weighted by molar-refractivity contribution is -0.114. The maximum Gasteiger partial charge on any atom is 0.337 e. The third kappa shape index (κ3) is 5.56. The fraction of sp³-hybridized carbons (Fsp3) is 0.167. The summed E-state index contributed by atoms with van der Waals surface area (Å²) in [5.74, 6) is -1.74. The van der Waals surface area contributed by atoms with Crippen molar-refractivity contribution in [1.29, 1.82) is 0 Å². The maximum atomic E-state index is 13.5. The smallest absolute Gasteiger partial charge is 0.337 e. The van der Waals surface area contributed by atoms with Gasteiger partial charge in [-0.05, 0) is 67.9 Å². The van der Waals surface area contributed by atoms with Crippen LogP contribution in [0.15, 0.2) is 71.6 Å². The van der Waals surface area contributed by atoms with Gasteiger partial charge in [0.15, 0.2) is 0 Å². The van der Waals surface area contributed by atoms with Gasteiger partial charge < -0.3 is 10.1 Å². The molecule has 0 unspecified atom stereocenters. The first-order valence-electron chi connectivity index (χ1n) is 9.95. The Morgan fingerprint density at radius 2 is 1.61 bits per heavy atom. The molecule has 9 heteroatoms. The molecule has 0 bridgehead atoms. The highest BCUT2D eigenvalue weighted by Crippen LogP contribution is 2.25. The van der Waals surface area contributed by atoms with Gasteiger partial charge in [0.25, 0.3) is 10.0 Å². The zero-order chi connectivity index (χ0) is 24.2. The first-order chi connectivity index (χ1) is 15.6. The predicted molar refractivity (Wildman–Crippen MR) is 123 cm³/mol. The summed E-state index contributed by atoms with van der Waals surface area (Å²) in [7, 11) is -2.88. The van der Waals surface area contributed by atoms with Crippen molar-refractivity contribution in [2.45, 2.75) is 18.7 Å². The van der Waals surface area contributed by atoms with E-state index in [-0.39, 0.29) is 16.1 Å². The summed E-state index contributed by atoms with van der Waals surface area (Å²) in [4.78, 5) is 24.7. The largest absolute Gasteiger partial charge is 0.465 e. The molecule has 1 N–H and O–H groups in total. The number of amides is 1. The fourth-order valence-electron chi connectivity index (χ4n) is 3.08. The number of hydrogen-bond donors (Lipinski definition) is 1. The number of nitrogens with zero attached hydrogens (tertiary/aromatic N) is 1. The number of rotatable bonds is 7. The number of sulfonamides is 1. The Morgan fingerprint density at radius 1 is 0.970 bits per heavy atom. The summed E-state index contributed by atoms with van der Waals surface area (Å²) in [5, 5.41) is 2.65. The molecule has 0 saturated carbocycles. The van der Waals surface area contributed by atoms with Crippen LogP contribution in [-0.4, -0.2) is 33.9 Å². The number of carbonyl (C=O) groups excluding carboxylic acids is 2. The summed E-state index contributed by atoms with van der Waals surface area (Å²) in [6, 6.07) is 15.7. The molecule has 3 rings (SSSR count). The summed E-state index contributed by atoms with van der Waals surface area (Å²) in [6.07, 6.45) is 0. The Kier molecular flexibility index (Phi) is 7.13. The Labute approximate surface area is 191 Å². The topological polar surface area (TPSA) is 92.8 Å². The predicted octanol–water partition coefficient (Wildman–Crippen LogP) is 4.06. The van der Waals surface area contributed by atoms with E-state index in [0.717, 1.165) is 22.0 Å². The van der Waals surface area contributed by atoms with Gasteiger partial charge in [0.05, 0.1) is 23.3 Å². The lowest BCUT2D eigenvalue weighted by Gasteiger charge is -2.24. The van der Waals surface area contributed by atoms with Crippen LogP contribution in [0.4, 0.5) is 15.8 Å². The number of nitrogens with one attached hydrogen (secondary N) is 1. The average molecular weight is 471 g/mol. The number of ether oxygens (including phenoxy) is 1. The molecular formula is C24H23FN2O5S. The molecule has 0 atom stereocenters. The number of aryl methyl sites for hydroxylation is 2. The number of hydrogen-bond acceptors (Lipinski definition) is 5. The van der Waals surface area contributed by atoms with Gasteiger partial charge in [0, 0.05) is 5.69 Å². The van der Waals surface area contributed by atoms with E-state index < -0.39 is 34.3 Å². The van der Waals surface area contributed by atoms with Gasteiger partial charge in [-0.15, -0.1) is 0 Å². The first-order valence-corrected chi connectivity index (χ1v) is 11.4. The van der Waals surface area contributed by atoms with Gasteiger partial charge in [-0.2, -0.15) is 0 Å². The molecule has 7 nitrogen and oxygen atoms in total. The maximum absolute atomic E-state index is 13.5. The van der Waals surface area contributed by atoms with Crippen molar-refractivity contribution in [2.24, 2.45) is 0 Å². The standard InChI is InChI=1S/C24H23FN2O5S/c1-16-4-12-21(13-5-16)33(30,31)27(20-10-8-19(25)9-11-20)15-23(28)26-22-14-18(24(29)32-3)7-6-17(22)2/h4-14H,15H2,1-3H3,(H,26,28). The Bertz CT molecular complexity index is 1270. The highest BCUT2D eigenvalue weighted by molar-refractivity contribution is 7.92. The van der Waals surface area contributed by atoms with E-state index >= 15 is 0 Å². The molecule has 0 heterocycles. The minimum absolute atomic E-state index is 0.00547. The summed E-state index contributed by atoms with van der Waals surface area (Å²) in [5.41, 5.74) is 2.26. The van der Waals surface area contributed by atoms with Gasteiger partial charge in [-0.3, -0.25) is 9.10 Å². The quantitative estimate of drug-likeness (QED) is 0.526. The second kappa shape index (κ2) is 9.83. The number of anilines is 2. The van der Waals surface area contributed by atoms with Crippen molar-refractivity contribution < 1.29 is 27.1 Å². The van der Waals surface area contributed by atoms with Crippen LogP contribution in [-0.2, 0) is 19.6 Å². The number of benzene rings is 3. The van der Waals surface area contributed by atoms with Crippen LogP contribution in [0.25, 0.3) is 0 Å². The lowest BCUT2D eigenvalue weighted by Crippen LogP contribution is -2.38. The molecule has 33 heavy (non-hydrogen) atoms. The van der Waals surface area contributed by atoms with Crippen molar-refractivity contribution >= 4 is 33.3 Å². The van der Waals surface area contributed by atoms with E-state index in [1.807, 2.05) is 6.92 Å². The van der Waals surface area contributed by atoms with Crippen LogP contribution < -0.4 is 9.62 Å². The van der Waals surface area contributed by atoms with Gasteiger partial charge in [0.2, 0.25) is 5.91 Å². The van der Waals surface area contributed by atoms with E-state index in [2.05, 4.69) is 5.32 Å². The number of carbonyl (C=O) groups is 2. The summed E-state index contributed by atoms with van der Waals surface area (Å²) in [6.45, 7) is 2.99. The second-order valence-corrected chi connectivity index (χ2v) is 9.23. The Morgan fingerprint density at radius 3 is 2.21 bits per heavy atom. The van der Waals surface area contributed by atoms with Gasteiger partial charge >= 0.3 is 5.97 Å². The Balaban J connectivity index is 1.94. The van der Waals surface area contributed by atoms with Crippen LogP contribution >= 0.6 is 0 Å². The molecule has 0 spiro atoms. The monoisotopic (exact) mass is 470 g/mol. The molecule has 0 aromatic heterocycles. The molecule has 0 radical (unpaired) electrons. The van der Waals surface area contributed by atoms with E-state index in [1.165, 1.54) is 37.4 Å². The summed E-state index contributed by atoms with van der Waals surface area (Å²) < 4.78 is 45.8. The molecule has 1 amide bonds. The van der Waals surface area contributed by atoms with Crippen molar-refractivity contribution in [3.63, 3.8) is 0 Å². The SMILES string of the molecule is COC(=O)c1ccc(C)c(NC(=O)CN(c2ccc(F)cc2)S(=O)(=O)c2ccc(C)cc2)c1. The second-order valence-electron chi connectivity index (χ2n) is 7.37. The molecule has 172 valence electrons. The third-order valence-electron chi connectivity index (χ3n) is 4.94.